The summed E-state index contributed by atoms with van der Waals surface area (Å²) in [5, 5.41) is 8.40. The molecule has 5 heteroatoms. The molecule has 0 fully saturated rings. The summed E-state index contributed by atoms with van der Waals surface area (Å²) >= 11 is 5.92. The molecule has 0 unspecified atom stereocenters. The fraction of sp³-hybridized carbons (Fsp3) is 0.273. The standard InChI is InChI=1S/C22H24ClN3O/c1-14-7-6-8-18(15(14)2)26-20(13-19(25-26)22(3,4)5)24-21(27)16-9-11-17(23)12-10-16/h6-13H,1-5H3,(H,24,27). The highest BCUT2D eigenvalue weighted by Crippen LogP contribution is 2.28. The molecule has 0 spiro atoms. The number of hydrogen-bond acceptors (Lipinski definition) is 2. The summed E-state index contributed by atoms with van der Waals surface area (Å²) in [4.78, 5) is 12.7. The van der Waals surface area contributed by atoms with E-state index in [1.807, 2.05) is 22.9 Å². The van der Waals surface area contributed by atoms with Gasteiger partial charge in [0.15, 0.2) is 0 Å². The van der Waals surface area contributed by atoms with Crippen molar-refractivity contribution in [3.8, 4) is 5.69 Å². The number of nitrogens with one attached hydrogen (secondary N) is 1. The predicted octanol–water partition coefficient (Wildman–Crippen LogP) is 5.69. The molecule has 0 bridgehead atoms. The Balaban J connectivity index is 2.05. The zero-order valence-electron chi connectivity index (χ0n) is 16.3. The van der Waals surface area contributed by atoms with Crippen molar-refractivity contribution in [1.29, 1.82) is 0 Å². The lowest BCUT2D eigenvalue weighted by atomic mass is 9.92. The van der Waals surface area contributed by atoms with Crippen LogP contribution >= 0.6 is 11.6 Å². The summed E-state index contributed by atoms with van der Waals surface area (Å²) < 4.78 is 1.82. The van der Waals surface area contributed by atoms with E-state index in [9.17, 15) is 4.79 Å². The van der Waals surface area contributed by atoms with Crippen LogP contribution in [0.5, 0.6) is 0 Å². The molecule has 0 saturated carbocycles. The minimum atomic E-state index is -0.196. The molecule has 2 aromatic carbocycles. The average molecular weight is 382 g/mol. The van der Waals surface area contributed by atoms with E-state index in [4.69, 9.17) is 16.7 Å². The van der Waals surface area contributed by atoms with E-state index in [1.54, 1.807) is 24.3 Å². The molecule has 0 radical (unpaired) electrons. The Morgan fingerprint density at radius 1 is 1.07 bits per heavy atom. The zero-order valence-corrected chi connectivity index (χ0v) is 17.1. The third-order valence-electron chi connectivity index (χ3n) is 4.63. The minimum absolute atomic E-state index is 0.136. The molecule has 0 aliphatic rings. The normalized spacial score (nSPS) is 11.5. The van der Waals surface area contributed by atoms with Gasteiger partial charge < -0.3 is 5.32 Å². The monoisotopic (exact) mass is 381 g/mol. The average Bonchev–Trinajstić information content (AvgIpc) is 3.02. The third kappa shape index (κ3) is 4.06. The van der Waals surface area contributed by atoms with Gasteiger partial charge in [0.05, 0.1) is 11.4 Å². The summed E-state index contributed by atoms with van der Waals surface area (Å²) in [6.07, 6.45) is 0. The van der Waals surface area contributed by atoms with E-state index < -0.39 is 0 Å². The molecule has 0 atom stereocenters. The van der Waals surface area contributed by atoms with Crippen LogP contribution < -0.4 is 5.32 Å². The van der Waals surface area contributed by atoms with Crippen molar-refractivity contribution in [2.75, 3.05) is 5.32 Å². The number of benzene rings is 2. The Hall–Kier alpha value is -2.59. The molecular weight excluding hydrogens is 358 g/mol. The van der Waals surface area contributed by atoms with E-state index in [0.717, 1.165) is 16.9 Å². The van der Waals surface area contributed by atoms with Crippen molar-refractivity contribution in [3.05, 3.63) is 75.9 Å². The lowest BCUT2D eigenvalue weighted by Gasteiger charge is -2.15. The van der Waals surface area contributed by atoms with Crippen molar-refractivity contribution in [2.24, 2.45) is 0 Å². The first kappa shape index (κ1) is 19.2. The van der Waals surface area contributed by atoms with Crippen LogP contribution in [0.15, 0.2) is 48.5 Å². The van der Waals surface area contributed by atoms with E-state index in [-0.39, 0.29) is 11.3 Å². The Bertz CT molecular complexity index is 982. The number of hydrogen-bond donors (Lipinski definition) is 1. The van der Waals surface area contributed by atoms with E-state index in [0.29, 0.717) is 16.4 Å². The van der Waals surface area contributed by atoms with Crippen LogP contribution in [0.4, 0.5) is 5.82 Å². The van der Waals surface area contributed by atoms with Crippen molar-refractivity contribution in [2.45, 2.75) is 40.0 Å². The fourth-order valence-corrected chi connectivity index (χ4v) is 2.90. The largest absolute Gasteiger partial charge is 0.306 e. The SMILES string of the molecule is Cc1cccc(-n2nc(C(C)(C)C)cc2NC(=O)c2ccc(Cl)cc2)c1C. The number of carbonyl (C=O) groups is 1. The first-order valence-corrected chi connectivity index (χ1v) is 9.28. The molecule has 0 aliphatic heterocycles. The summed E-state index contributed by atoms with van der Waals surface area (Å²) in [7, 11) is 0. The van der Waals surface area contributed by atoms with Gasteiger partial charge in [-0.3, -0.25) is 4.79 Å². The van der Waals surface area contributed by atoms with Crippen LogP contribution in [0.3, 0.4) is 0 Å². The molecular formula is C22H24ClN3O. The number of carbonyl (C=O) groups excluding carboxylic acids is 1. The number of aryl methyl sites for hydroxylation is 1. The van der Waals surface area contributed by atoms with Crippen molar-refractivity contribution in [3.63, 3.8) is 0 Å². The zero-order chi connectivity index (χ0) is 19.8. The molecule has 27 heavy (non-hydrogen) atoms. The van der Waals surface area contributed by atoms with Crippen LogP contribution in [0, 0.1) is 13.8 Å². The summed E-state index contributed by atoms with van der Waals surface area (Å²) in [6.45, 7) is 10.4. The first-order valence-electron chi connectivity index (χ1n) is 8.91. The van der Waals surface area contributed by atoms with Gasteiger partial charge in [0.1, 0.15) is 5.82 Å². The number of rotatable bonds is 3. The van der Waals surface area contributed by atoms with Crippen LogP contribution in [0.2, 0.25) is 5.02 Å². The molecule has 1 aromatic heterocycles. The Kier molecular flexibility index (Phi) is 5.11. The molecule has 0 aliphatic carbocycles. The number of anilines is 1. The van der Waals surface area contributed by atoms with E-state index >= 15 is 0 Å². The second-order valence-electron chi connectivity index (χ2n) is 7.76. The van der Waals surface area contributed by atoms with Crippen molar-refractivity contribution < 1.29 is 4.79 Å². The lowest BCUT2D eigenvalue weighted by Crippen LogP contribution is -2.15. The highest BCUT2D eigenvalue weighted by Gasteiger charge is 2.22. The third-order valence-corrected chi connectivity index (χ3v) is 4.88. The quantitative estimate of drug-likeness (QED) is 0.633. The van der Waals surface area contributed by atoms with Crippen LogP contribution in [0.1, 0.15) is 48.0 Å². The van der Waals surface area contributed by atoms with Gasteiger partial charge in [0.2, 0.25) is 0 Å². The molecule has 3 aromatic rings. The predicted molar refractivity (Wildman–Crippen MR) is 111 cm³/mol. The molecule has 1 heterocycles. The van der Waals surface area contributed by atoms with Gasteiger partial charge in [0.25, 0.3) is 5.91 Å². The number of nitrogens with zero attached hydrogens (tertiary/aromatic N) is 2. The topological polar surface area (TPSA) is 46.9 Å². The number of aromatic nitrogens is 2. The second kappa shape index (κ2) is 7.20. The highest BCUT2D eigenvalue weighted by atomic mass is 35.5. The Labute approximate surface area is 165 Å². The van der Waals surface area contributed by atoms with Crippen LogP contribution in [0.25, 0.3) is 5.69 Å². The maximum Gasteiger partial charge on any atom is 0.256 e. The van der Waals surface area contributed by atoms with Gasteiger partial charge in [0, 0.05) is 22.1 Å². The van der Waals surface area contributed by atoms with Gasteiger partial charge in [-0.2, -0.15) is 5.10 Å². The maximum absolute atomic E-state index is 12.7. The van der Waals surface area contributed by atoms with Crippen molar-refractivity contribution in [1.82, 2.24) is 9.78 Å². The summed E-state index contributed by atoms with van der Waals surface area (Å²) in [6, 6.07) is 14.9. The van der Waals surface area contributed by atoms with Crippen LogP contribution in [-0.2, 0) is 5.41 Å². The van der Waals surface area contributed by atoms with Gasteiger partial charge in [-0.1, -0.05) is 44.5 Å². The van der Waals surface area contributed by atoms with E-state index in [1.165, 1.54) is 5.56 Å². The molecule has 3 rings (SSSR count). The van der Waals surface area contributed by atoms with Gasteiger partial charge in [-0.05, 0) is 55.3 Å². The summed E-state index contributed by atoms with van der Waals surface area (Å²) in [5.74, 6) is 0.451. The van der Waals surface area contributed by atoms with Gasteiger partial charge in [-0.25, -0.2) is 4.68 Å². The summed E-state index contributed by atoms with van der Waals surface area (Å²) in [5.41, 5.74) is 4.58. The molecule has 140 valence electrons. The van der Waals surface area contributed by atoms with Gasteiger partial charge >= 0.3 is 0 Å². The minimum Gasteiger partial charge on any atom is -0.306 e. The molecule has 1 amide bonds. The lowest BCUT2D eigenvalue weighted by molar-refractivity contribution is 0.102. The second-order valence-corrected chi connectivity index (χ2v) is 8.19. The van der Waals surface area contributed by atoms with Crippen LogP contribution in [-0.4, -0.2) is 15.7 Å². The Morgan fingerprint density at radius 2 is 1.74 bits per heavy atom. The highest BCUT2D eigenvalue weighted by molar-refractivity contribution is 6.30. The van der Waals surface area contributed by atoms with Crippen molar-refractivity contribution >= 4 is 23.3 Å². The van der Waals surface area contributed by atoms with Gasteiger partial charge in [-0.15, -0.1) is 0 Å². The smallest absolute Gasteiger partial charge is 0.256 e. The maximum atomic E-state index is 12.7. The fourth-order valence-electron chi connectivity index (χ4n) is 2.78. The Morgan fingerprint density at radius 3 is 2.37 bits per heavy atom. The molecule has 0 saturated heterocycles. The first-order chi connectivity index (χ1) is 12.7. The molecule has 4 nitrogen and oxygen atoms in total. The van der Waals surface area contributed by atoms with E-state index in [2.05, 4.69) is 46.0 Å². The number of halogens is 1. The molecule has 1 N–H and O–H groups in total. The number of amides is 1.